The number of carbonyl (C=O) groups excluding carboxylic acids is 1. The molecular formula is C19H28N2O2. The van der Waals surface area contributed by atoms with Gasteiger partial charge in [0, 0.05) is 37.3 Å². The van der Waals surface area contributed by atoms with Crippen molar-refractivity contribution in [1.29, 1.82) is 0 Å². The highest BCUT2D eigenvalue weighted by Crippen LogP contribution is 2.43. The van der Waals surface area contributed by atoms with Gasteiger partial charge < -0.3 is 14.5 Å². The van der Waals surface area contributed by atoms with Crippen LogP contribution in [0.1, 0.15) is 39.2 Å². The number of likely N-dealkylation sites (tertiary alicyclic amines) is 1. The number of benzene rings is 1. The fourth-order valence-electron chi connectivity index (χ4n) is 3.66. The number of para-hydroxylation sites is 1. The molecule has 0 radical (unpaired) electrons. The van der Waals surface area contributed by atoms with Crippen LogP contribution in [0.5, 0.6) is 0 Å². The van der Waals surface area contributed by atoms with E-state index in [0.29, 0.717) is 5.41 Å². The van der Waals surface area contributed by atoms with Crippen LogP contribution in [0.25, 0.3) is 0 Å². The van der Waals surface area contributed by atoms with E-state index < -0.39 is 5.60 Å². The predicted molar refractivity (Wildman–Crippen MR) is 92.9 cm³/mol. The normalized spacial score (nSPS) is 20.3. The quantitative estimate of drug-likeness (QED) is 0.789. The van der Waals surface area contributed by atoms with Gasteiger partial charge in [0.25, 0.3) is 0 Å². The number of piperidine rings is 1. The van der Waals surface area contributed by atoms with Crippen molar-refractivity contribution in [3.8, 4) is 0 Å². The molecule has 1 spiro atoms. The highest BCUT2D eigenvalue weighted by Gasteiger charge is 2.46. The first-order valence-electron chi connectivity index (χ1n) is 8.57. The van der Waals surface area contributed by atoms with Crippen LogP contribution in [-0.2, 0) is 4.74 Å². The highest BCUT2D eigenvalue weighted by molar-refractivity contribution is 5.68. The molecule has 2 aliphatic heterocycles. The van der Waals surface area contributed by atoms with Crippen molar-refractivity contribution in [1.82, 2.24) is 4.90 Å². The van der Waals surface area contributed by atoms with Crippen molar-refractivity contribution < 1.29 is 9.53 Å². The Bertz CT molecular complexity index is 575. The summed E-state index contributed by atoms with van der Waals surface area (Å²) in [5.74, 6) is 0. The molecule has 3 rings (SSSR count). The summed E-state index contributed by atoms with van der Waals surface area (Å²) in [4.78, 5) is 16.5. The van der Waals surface area contributed by atoms with E-state index in [1.54, 1.807) is 0 Å². The molecule has 2 fully saturated rings. The Balaban J connectivity index is 1.53. The molecule has 2 saturated heterocycles. The molecular weight excluding hydrogens is 288 g/mol. The highest BCUT2D eigenvalue weighted by atomic mass is 16.6. The molecule has 4 nitrogen and oxygen atoms in total. The van der Waals surface area contributed by atoms with Gasteiger partial charge in [-0.3, -0.25) is 0 Å². The van der Waals surface area contributed by atoms with Crippen LogP contribution in [-0.4, -0.2) is 42.8 Å². The van der Waals surface area contributed by atoms with E-state index in [4.69, 9.17) is 4.74 Å². The number of carbonyl (C=O) groups is 1. The maximum absolute atomic E-state index is 12.2. The molecule has 0 aliphatic carbocycles. The standard InChI is InChI=1S/C19H28N2O2/c1-15-7-5-6-8-16(15)21-13-19(14-21)9-11-20(12-10-19)17(22)23-18(2,3)4/h5-8H,9-14H2,1-4H3. The SMILES string of the molecule is Cc1ccccc1N1CC2(CCN(C(=O)OC(C)(C)C)CC2)C1. The number of nitrogens with zero attached hydrogens (tertiary/aromatic N) is 2. The summed E-state index contributed by atoms with van der Waals surface area (Å²) < 4.78 is 5.48. The number of rotatable bonds is 1. The third-order valence-electron chi connectivity index (χ3n) is 4.98. The monoisotopic (exact) mass is 316 g/mol. The van der Waals surface area contributed by atoms with E-state index in [9.17, 15) is 4.79 Å². The number of amides is 1. The van der Waals surface area contributed by atoms with Gasteiger partial charge in [-0.1, -0.05) is 18.2 Å². The van der Waals surface area contributed by atoms with Crippen molar-refractivity contribution in [2.24, 2.45) is 5.41 Å². The molecule has 0 bridgehead atoms. The molecule has 2 aliphatic rings. The average molecular weight is 316 g/mol. The van der Waals surface area contributed by atoms with Gasteiger partial charge in [0.15, 0.2) is 0 Å². The molecule has 2 heterocycles. The lowest BCUT2D eigenvalue weighted by Crippen LogP contribution is -2.61. The van der Waals surface area contributed by atoms with Crippen molar-refractivity contribution in [2.45, 2.75) is 46.1 Å². The van der Waals surface area contributed by atoms with Gasteiger partial charge in [0.05, 0.1) is 0 Å². The summed E-state index contributed by atoms with van der Waals surface area (Å²) in [7, 11) is 0. The zero-order valence-electron chi connectivity index (χ0n) is 14.8. The molecule has 0 atom stereocenters. The maximum Gasteiger partial charge on any atom is 0.410 e. The Hall–Kier alpha value is -1.71. The van der Waals surface area contributed by atoms with Crippen LogP contribution in [0.2, 0.25) is 0 Å². The van der Waals surface area contributed by atoms with Gasteiger partial charge in [-0.05, 0) is 52.2 Å². The first kappa shape index (κ1) is 16.2. The van der Waals surface area contributed by atoms with Gasteiger partial charge in [0.2, 0.25) is 0 Å². The molecule has 1 amide bonds. The van der Waals surface area contributed by atoms with E-state index in [1.165, 1.54) is 11.3 Å². The van der Waals surface area contributed by atoms with E-state index in [0.717, 1.165) is 39.0 Å². The summed E-state index contributed by atoms with van der Waals surface area (Å²) >= 11 is 0. The number of hydrogen-bond acceptors (Lipinski definition) is 3. The van der Waals surface area contributed by atoms with Crippen LogP contribution in [0.4, 0.5) is 10.5 Å². The fourth-order valence-corrected chi connectivity index (χ4v) is 3.66. The molecule has 0 unspecified atom stereocenters. The summed E-state index contributed by atoms with van der Waals surface area (Å²) in [6, 6.07) is 8.58. The minimum atomic E-state index is -0.412. The second kappa shape index (κ2) is 5.73. The molecule has 0 saturated carbocycles. The van der Waals surface area contributed by atoms with Crippen LogP contribution < -0.4 is 4.90 Å². The summed E-state index contributed by atoms with van der Waals surface area (Å²) in [6.07, 6.45) is 1.99. The van der Waals surface area contributed by atoms with E-state index in [2.05, 4.69) is 36.1 Å². The zero-order chi connectivity index (χ0) is 16.7. The van der Waals surface area contributed by atoms with Gasteiger partial charge in [-0.15, -0.1) is 0 Å². The first-order valence-corrected chi connectivity index (χ1v) is 8.57. The van der Waals surface area contributed by atoms with Crippen molar-refractivity contribution in [3.05, 3.63) is 29.8 Å². The van der Waals surface area contributed by atoms with Crippen molar-refractivity contribution in [2.75, 3.05) is 31.1 Å². The van der Waals surface area contributed by atoms with Gasteiger partial charge in [-0.25, -0.2) is 4.79 Å². The second-order valence-electron chi connectivity index (χ2n) is 8.11. The molecule has 0 aromatic heterocycles. The Morgan fingerprint density at radius 2 is 1.74 bits per heavy atom. The third kappa shape index (κ3) is 3.46. The summed E-state index contributed by atoms with van der Waals surface area (Å²) in [6.45, 7) is 11.8. The van der Waals surface area contributed by atoms with Gasteiger partial charge in [-0.2, -0.15) is 0 Å². The van der Waals surface area contributed by atoms with Crippen LogP contribution in [0.15, 0.2) is 24.3 Å². The number of hydrogen-bond donors (Lipinski definition) is 0. The average Bonchev–Trinajstić information content (AvgIpc) is 2.44. The maximum atomic E-state index is 12.2. The van der Waals surface area contributed by atoms with Crippen LogP contribution in [0.3, 0.4) is 0 Å². The first-order chi connectivity index (χ1) is 10.8. The number of anilines is 1. The predicted octanol–water partition coefficient (Wildman–Crippen LogP) is 3.83. The Morgan fingerprint density at radius 1 is 1.13 bits per heavy atom. The van der Waals surface area contributed by atoms with Crippen LogP contribution >= 0.6 is 0 Å². The van der Waals surface area contributed by atoms with Crippen LogP contribution in [0, 0.1) is 12.3 Å². The van der Waals surface area contributed by atoms with Gasteiger partial charge in [0.1, 0.15) is 5.60 Å². The smallest absolute Gasteiger partial charge is 0.410 e. The summed E-state index contributed by atoms with van der Waals surface area (Å²) in [5.41, 5.74) is 2.67. The lowest BCUT2D eigenvalue weighted by atomic mass is 9.71. The third-order valence-corrected chi connectivity index (χ3v) is 4.98. The molecule has 23 heavy (non-hydrogen) atoms. The van der Waals surface area contributed by atoms with E-state index >= 15 is 0 Å². The Morgan fingerprint density at radius 3 is 2.30 bits per heavy atom. The second-order valence-corrected chi connectivity index (χ2v) is 8.11. The molecule has 4 heteroatoms. The summed E-state index contributed by atoms with van der Waals surface area (Å²) in [5, 5.41) is 0. The molecule has 126 valence electrons. The van der Waals surface area contributed by atoms with Crippen molar-refractivity contribution >= 4 is 11.8 Å². The molecule has 1 aromatic rings. The van der Waals surface area contributed by atoms with Gasteiger partial charge >= 0.3 is 6.09 Å². The number of aryl methyl sites for hydroxylation is 1. The zero-order valence-corrected chi connectivity index (χ0v) is 14.8. The Kier molecular flexibility index (Phi) is 4.03. The topological polar surface area (TPSA) is 32.8 Å². The van der Waals surface area contributed by atoms with E-state index in [1.807, 2.05) is 25.7 Å². The largest absolute Gasteiger partial charge is 0.444 e. The van der Waals surface area contributed by atoms with Crippen molar-refractivity contribution in [3.63, 3.8) is 0 Å². The number of ether oxygens (including phenoxy) is 1. The minimum absolute atomic E-state index is 0.164. The lowest BCUT2D eigenvalue weighted by Gasteiger charge is -2.55. The lowest BCUT2D eigenvalue weighted by molar-refractivity contribution is 0.00598. The molecule has 0 N–H and O–H groups in total. The Labute approximate surface area is 139 Å². The van der Waals surface area contributed by atoms with E-state index in [-0.39, 0.29) is 6.09 Å². The fraction of sp³-hybridized carbons (Fsp3) is 0.632. The minimum Gasteiger partial charge on any atom is -0.444 e. The molecule has 1 aromatic carbocycles.